The Labute approximate surface area is 73.2 Å². The van der Waals surface area contributed by atoms with Crippen molar-refractivity contribution < 1.29 is 9.84 Å². The molecule has 1 saturated heterocycles. The molecule has 2 nitrogen and oxygen atoms in total. The van der Waals surface area contributed by atoms with Crippen molar-refractivity contribution in [1.29, 1.82) is 0 Å². The highest BCUT2D eigenvalue weighted by molar-refractivity contribution is 5.30. The molecular weight excluding hydrogens is 152 g/mol. The van der Waals surface area contributed by atoms with E-state index in [9.17, 15) is 5.11 Å². The first-order chi connectivity index (χ1) is 5.66. The lowest BCUT2D eigenvalue weighted by atomic mass is 10.0. The van der Waals surface area contributed by atoms with Crippen molar-refractivity contribution in [3.05, 3.63) is 11.6 Å². The van der Waals surface area contributed by atoms with E-state index >= 15 is 0 Å². The Morgan fingerprint density at radius 2 is 2.42 bits per heavy atom. The molecular formula is C10H14O2. The molecule has 12 heavy (non-hydrogen) atoms. The SMILES string of the molecule is C/C=C(\C)C#CC1(O)CCOC1. The van der Waals surface area contributed by atoms with E-state index in [1.54, 1.807) is 0 Å². The molecule has 1 aliphatic heterocycles. The molecule has 1 N–H and O–H groups in total. The van der Waals surface area contributed by atoms with Crippen LogP contribution < -0.4 is 0 Å². The Morgan fingerprint density at radius 3 is 2.92 bits per heavy atom. The molecule has 0 saturated carbocycles. The van der Waals surface area contributed by atoms with Crippen molar-refractivity contribution in [2.24, 2.45) is 0 Å². The summed E-state index contributed by atoms with van der Waals surface area (Å²) in [5.74, 6) is 5.72. The molecule has 1 heterocycles. The molecule has 1 rings (SSSR count). The Morgan fingerprint density at radius 1 is 1.67 bits per heavy atom. The van der Waals surface area contributed by atoms with E-state index in [1.165, 1.54) is 0 Å². The maximum absolute atomic E-state index is 9.71. The minimum absolute atomic E-state index is 0.344. The van der Waals surface area contributed by atoms with E-state index < -0.39 is 5.60 Å². The average Bonchev–Trinajstić information content (AvgIpc) is 2.49. The quantitative estimate of drug-likeness (QED) is 0.546. The first-order valence-electron chi connectivity index (χ1n) is 4.12. The van der Waals surface area contributed by atoms with E-state index in [0.29, 0.717) is 19.6 Å². The van der Waals surface area contributed by atoms with Crippen LogP contribution in [-0.4, -0.2) is 23.9 Å². The molecule has 0 amide bonds. The third-order valence-electron chi connectivity index (χ3n) is 1.93. The fourth-order valence-electron chi connectivity index (χ4n) is 0.940. The zero-order valence-electron chi connectivity index (χ0n) is 7.55. The molecule has 1 fully saturated rings. The Balaban J connectivity index is 2.63. The summed E-state index contributed by atoms with van der Waals surface area (Å²) in [7, 11) is 0. The summed E-state index contributed by atoms with van der Waals surface area (Å²) in [4.78, 5) is 0. The smallest absolute Gasteiger partial charge is 0.151 e. The third-order valence-corrected chi connectivity index (χ3v) is 1.93. The lowest BCUT2D eigenvalue weighted by Gasteiger charge is -2.10. The second-order valence-corrected chi connectivity index (χ2v) is 3.06. The summed E-state index contributed by atoms with van der Waals surface area (Å²) in [6.45, 7) is 4.81. The predicted molar refractivity (Wildman–Crippen MR) is 47.6 cm³/mol. The van der Waals surface area contributed by atoms with E-state index in [2.05, 4.69) is 11.8 Å². The molecule has 2 heteroatoms. The average molecular weight is 166 g/mol. The van der Waals surface area contributed by atoms with E-state index in [1.807, 2.05) is 19.9 Å². The van der Waals surface area contributed by atoms with Crippen molar-refractivity contribution in [2.75, 3.05) is 13.2 Å². The van der Waals surface area contributed by atoms with Gasteiger partial charge in [0.2, 0.25) is 0 Å². The maximum Gasteiger partial charge on any atom is 0.151 e. The summed E-state index contributed by atoms with van der Waals surface area (Å²) in [6.07, 6.45) is 2.54. The standard InChI is InChI=1S/C10H14O2/c1-3-9(2)4-5-10(11)6-7-12-8-10/h3,11H,6-8H2,1-2H3/b9-3+. The van der Waals surface area contributed by atoms with Crippen LogP contribution in [-0.2, 0) is 4.74 Å². The number of hydrogen-bond donors (Lipinski definition) is 1. The molecule has 0 aromatic carbocycles. The van der Waals surface area contributed by atoms with Crippen LogP contribution in [0, 0.1) is 11.8 Å². The number of allylic oxidation sites excluding steroid dienone is 2. The van der Waals surface area contributed by atoms with Crippen LogP contribution in [0.1, 0.15) is 20.3 Å². The first-order valence-corrected chi connectivity index (χ1v) is 4.12. The lowest BCUT2D eigenvalue weighted by molar-refractivity contribution is 0.0765. The van der Waals surface area contributed by atoms with Gasteiger partial charge in [-0.15, -0.1) is 0 Å². The molecule has 0 aromatic rings. The van der Waals surface area contributed by atoms with Crippen LogP contribution in [0.4, 0.5) is 0 Å². The van der Waals surface area contributed by atoms with Crippen LogP contribution in [0.3, 0.4) is 0 Å². The second kappa shape index (κ2) is 3.75. The van der Waals surface area contributed by atoms with Gasteiger partial charge in [0, 0.05) is 6.42 Å². The largest absolute Gasteiger partial charge is 0.377 e. The Kier molecular flexibility index (Phi) is 2.91. The third kappa shape index (κ3) is 2.37. The zero-order valence-corrected chi connectivity index (χ0v) is 7.55. The molecule has 1 atom stereocenters. The van der Waals surface area contributed by atoms with Gasteiger partial charge in [-0.2, -0.15) is 0 Å². The summed E-state index contributed by atoms with van der Waals surface area (Å²) in [5.41, 5.74) is 0.0832. The van der Waals surface area contributed by atoms with Gasteiger partial charge in [0.05, 0.1) is 13.2 Å². The van der Waals surface area contributed by atoms with Gasteiger partial charge in [-0.05, 0) is 19.4 Å². The number of ether oxygens (including phenoxy) is 1. The minimum Gasteiger partial charge on any atom is -0.377 e. The Hall–Kier alpha value is -0.780. The normalized spacial score (nSPS) is 29.8. The van der Waals surface area contributed by atoms with Crippen molar-refractivity contribution in [3.8, 4) is 11.8 Å². The summed E-state index contributed by atoms with van der Waals surface area (Å²) >= 11 is 0. The molecule has 0 radical (unpaired) electrons. The highest BCUT2D eigenvalue weighted by atomic mass is 16.5. The van der Waals surface area contributed by atoms with Gasteiger partial charge in [-0.1, -0.05) is 17.9 Å². The van der Waals surface area contributed by atoms with Gasteiger partial charge >= 0.3 is 0 Å². The fraction of sp³-hybridized carbons (Fsp3) is 0.600. The van der Waals surface area contributed by atoms with Gasteiger partial charge < -0.3 is 9.84 Å². The second-order valence-electron chi connectivity index (χ2n) is 3.06. The topological polar surface area (TPSA) is 29.5 Å². The van der Waals surface area contributed by atoms with Crippen molar-refractivity contribution in [1.82, 2.24) is 0 Å². The van der Waals surface area contributed by atoms with Crippen LogP contribution in [0.15, 0.2) is 11.6 Å². The van der Waals surface area contributed by atoms with Gasteiger partial charge in [-0.3, -0.25) is 0 Å². The molecule has 1 aliphatic rings. The van der Waals surface area contributed by atoms with Gasteiger partial charge in [0.1, 0.15) is 0 Å². The van der Waals surface area contributed by atoms with Crippen molar-refractivity contribution in [3.63, 3.8) is 0 Å². The van der Waals surface area contributed by atoms with Crippen LogP contribution in [0.2, 0.25) is 0 Å². The molecule has 0 aromatic heterocycles. The van der Waals surface area contributed by atoms with Crippen molar-refractivity contribution in [2.45, 2.75) is 25.9 Å². The molecule has 1 unspecified atom stereocenters. The van der Waals surface area contributed by atoms with Gasteiger partial charge in [-0.25, -0.2) is 0 Å². The highest BCUT2D eigenvalue weighted by Gasteiger charge is 2.29. The number of hydrogen-bond acceptors (Lipinski definition) is 2. The van der Waals surface area contributed by atoms with Gasteiger partial charge in [0.25, 0.3) is 0 Å². The Bertz CT molecular complexity index is 236. The van der Waals surface area contributed by atoms with E-state index in [0.717, 1.165) is 5.57 Å². The predicted octanol–water partition coefficient (Wildman–Crippen LogP) is 1.11. The number of rotatable bonds is 0. The van der Waals surface area contributed by atoms with E-state index in [4.69, 9.17) is 4.74 Å². The van der Waals surface area contributed by atoms with E-state index in [-0.39, 0.29) is 0 Å². The van der Waals surface area contributed by atoms with Crippen LogP contribution >= 0.6 is 0 Å². The molecule has 66 valence electrons. The molecule has 0 spiro atoms. The highest BCUT2D eigenvalue weighted by Crippen LogP contribution is 2.16. The summed E-state index contributed by atoms with van der Waals surface area (Å²) < 4.78 is 5.05. The lowest BCUT2D eigenvalue weighted by Crippen LogP contribution is -2.26. The zero-order chi connectivity index (χ0) is 9.03. The van der Waals surface area contributed by atoms with Crippen LogP contribution in [0.5, 0.6) is 0 Å². The monoisotopic (exact) mass is 166 g/mol. The molecule has 0 bridgehead atoms. The summed E-state index contributed by atoms with van der Waals surface area (Å²) in [5, 5.41) is 9.71. The minimum atomic E-state index is -0.899. The summed E-state index contributed by atoms with van der Waals surface area (Å²) in [6, 6.07) is 0. The number of aliphatic hydroxyl groups is 1. The van der Waals surface area contributed by atoms with Crippen LogP contribution in [0.25, 0.3) is 0 Å². The fourth-order valence-corrected chi connectivity index (χ4v) is 0.940. The van der Waals surface area contributed by atoms with Gasteiger partial charge in [0.15, 0.2) is 5.60 Å². The maximum atomic E-state index is 9.71. The first kappa shape index (κ1) is 9.31. The van der Waals surface area contributed by atoms with Crippen molar-refractivity contribution >= 4 is 0 Å². The molecule has 0 aliphatic carbocycles.